The number of carbonyl (C=O) groups is 1. The molecule has 8 nitrogen and oxygen atoms in total. The molecule has 1 fully saturated rings. The van der Waals surface area contributed by atoms with Crippen molar-refractivity contribution in [1.82, 2.24) is 14.9 Å². The summed E-state index contributed by atoms with van der Waals surface area (Å²) < 4.78 is 11.3. The highest BCUT2D eigenvalue weighted by molar-refractivity contribution is 6.30. The highest BCUT2D eigenvalue weighted by atomic mass is 35.5. The Morgan fingerprint density at radius 1 is 1.45 bits per heavy atom. The van der Waals surface area contributed by atoms with E-state index in [1.165, 1.54) is 6.33 Å². The number of benzene rings is 1. The molecule has 4 rings (SSSR count). The van der Waals surface area contributed by atoms with E-state index < -0.39 is 12.3 Å². The van der Waals surface area contributed by atoms with Gasteiger partial charge in [0.05, 0.1) is 18.2 Å². The number of hydrogen-bond acceptors (Lipinski definition) is 7. The molecule has 1 aromatic heterocycles. The van der Waals surface area contributed by atoms with Crippen LogP contribution in [0.15, 0.2) is 43.2 Å². The number of aromatic nitrogens is 2. The summed E-state index contributed by atoms with van der Waals surface area (Å²) in [7, 11) is 1.94. The second-order valence-electron chi connectivity index (χ2n) is 6.94. The van der Waals surface area contributed by atoms with E-state index in [1.807, 2.05) is 36.2 Å². The molecule has 0 spiro atoms. The van der Waals surface area contributed by atoms with Crippen molar-refractivity contribution in [3.8, 4) is 0 Å². The van der Waals surface area contributed by atoms with Crippen LogP contribution in [0.3, 0.4) is 0 Å². The number of amides is 1. The first-order valence-electron chi connectivity index (χ1n) is 9.30. The first kappa shape index (κ1) is 19.5. The summed E-state index contributed by atoms with van der Waals surface area (Å²) in [6, 6.07) is 7.50. The first-order chi connectivity index (χ1) is 14.1. The minimum atomic E-state index is -0.619. The van der Waals surface area contributed by atoms with Crippen molar-refractivity contribution < 1.29 is 14.3 Å². The van der Waals surface area contributed by atoms with E-state index in [4.69, 9.17) is 21.1 Å². The molecule has 2 atom stereocenters. The van der Waals surface area contributed by atoms with Crippen LogP contribution < -0.4 is 10.2 Å². The quantitative estimate of drug-likeness (QED) is 0.751. The third kappa shape index (κ3) is 3.86. The van der Waals surface area contributed by atoms with Crippen molar-refractivity contribution in [2.75, 3.05) is 37.0 Å². The minimum absolute atomic E-state index is 0.143. The third-order valence-electron chi connectivity index (χ3n) is 4.94. The Morgan fingerprint density at radius 3 is 3.00 bits per heavy atom. The molecule has 9 heteroatoms. The average molecular weight is 416 g/mol. The molecule has 1 N–H and O–H groups in total. The molecule has 2 aliphatic rings. The maximum absolute atomic E-state index is 12.7. The number of fused-ring (bicyclic) bond motifs is 4. The number of halogens is 1. The van der Waals surface area contributed by atoms with Gasteiger partial charge in [0.2, 0.25) is 0 Å². The van der Waals surface area contributed by atoms with Crippen molar-refractivity contribution in [3.05, 3.63) is 59.4 Å². The molecule has 0 unspecified atom stereocenters. The Hall–Kier alpha value is -2.84. The second kappa shape index (κ2) is 8.26. The van der Waals surface area contributed by atoms with Crippen LogP contribution in [0, 0.1) is 0 Å². The number of ether oxygens (including phenoxy) is 2. The van der Waals surface area contributed by atoms with Gasteiger partial charge < -0.3 is 19.7 Å². The summed E-state index contributed by atoms with van der Waals surface area (Å²) in [5, 5.41) is 4.01. The largest absolute Gasteiger partial charge is 0.445 e. The minimum Gasteiger partial charge on any atom is -0.445 e. The SMILES string of the molecule is C=CCOC(=O)N1[C@H]2CNc3ncnc(N(C)Cc4ccc(Cl)cc4)c3[C@@H]1OC2. The van der Waals surface area contributed by atoms with E-state index in [9.17, 15) is 4.79 Å². The van der Waals surface area contributed by atoms with Crippen LogP contribution in [0.25, 0.3) is 0 Å². The number of carbonyl (C=O) groups excluding carboxylic acids is 1. The predicted molar refractivity (Wildman–Crippen MR) is 110 cm³/mol. The van der Waals surface area contributed by atoms with Gasteiger partial charge in [-0.1, -0.05) is 36.4 Å². The van der Waals surface area contributed by atoms with Crippen LogP contribution in [0.2, 0.25) is 5.02 Å². The summed E-state index contributed by atoms with van der Waals surface area (Å²) in [5.74, 6) is 1.35. The molecule has 3 heterocycles. The van der Waals surface area contributed by atoms with Gasteiger partial charge in [-0.15, -0.1) is 0 Å². The van der Waals surface area contributed by atoms with Gasteiger partial charge >= 0.3 is 6.09 Å². The second-order valence-corrected chi connectivity index (χ2v) is 7.37. The molecule has 2 aromatic rings. The van der Waals surface area contributed by atoms with E-state index in [0.717, 1.165) is 11.1 Å². The van der Waals surface area contributed by atoms with Crippen molar-refractivity contribution >= 4 is 29.3 Å². The number of nitrogens with one attached hydrogen (secondary N) is 1. The van der Waals surface area contributed by atoms with E-state index in [2.05, 4.69) is 21.9 Å². The van der Waals surface area contributed by atoms with Crippen molar-refractivity contribution in [2.45, 2.75) is 18.8 Å². The smallest absolute Gasteiger partial charge is 0.412 e. The van der Waals surface area contributed by atoms with E-state index in [0.29, 0.717) is 36.4 Å². The zero-order chi connectivity index (χ0) is 20.4. The van der Waals surface area contributed by atoms with Gasteiger partial charge in [0.25, 0.3) is 0 Å². The molecule has 2 bridgehead atoms. The van der Waals surface area contributed by atoms with E-state index in [1.54, 1.807) is 11.0 Å². The predicted octanol–water partition coefficient (Wildman–Crippen LogP) is 3.21. The lowest BCUT2D eigenvalue weighted by Crippen LogP contribution is -2.40. The fraction of sp³-hybridized carbons (Fsp3) is 0.350. The molecule has 29 heavy (non-hydrogen) atoms. The maximum Gasteiger partial charge on any atom is 0.412 e. The number of anilines is 2. The summed E-state index contributed by atoms with van der Waals surface area (Å²) in [6.45, 7) is 5.28. The molecule has 0 aliphatic carbocycles. The zero-order valence-corrected chi connectivity index (χ0v) is 16.8. The molecule has 1 amide bonds. The third-order valence-corrected chi connectivity index (χ3v) is 5.19. The lowest BCUT2D eigenvalue weighted by Gasteiger charge is -2.28. The molecule has 152 valence electrons. The highest BCUT2D eigenvalue weighted by Crippen LogP contribution is 2.41. The topological polar surface area (TPSA) is 79.8 Å². The van der Waals surface area contributed by atoms with Gasteiger partial charge in [0.1, 0.15) is 24.6 Å². The number of nitrogens with zero attached hydrogens (tertiary/aromatic N) is 4. The average Bonchev–Trinajstić information content (AvgIpc) is 3.07. The molecular formula is C20H22ClN5O3. The lowest BCUT2D eigenvalue weighted by molar-refractivity contribution is 0.0246. The number of rotatable bonds is 5. The van der Waals surface area contributed by atoms with Crippen LogP contribution in [-0.4, -0.2) is 53.8 Å². The Labute approximate surface area is 174 Å². The standard InChI is InChI=1S/C20H22ClN5O3/c1-3-8-28-20(27)26-15-9-22-17-16(19(26)29-11-15)18(24-12-23-17)25(2)10-13-4-6-14(21)7-5-13/h3-7,12,15,19H,1,8-11H2,2H3,(H,22,23,24)/t15-,19-/m0/s1. The van der Waals surface area contributed by atoms with Crippen LogP contribution in [0.4, 0.5) is 16.4 Å². The Kier molecular flexibility index (Phi) is 5.55. The zero-order valence-electron chi connectivity index (χ0n) is 16.0. The van der Waals surface area contributed by atoms with Gasteiger partial charge in [-0.3, -0.25) is 4.90 Å². The van der Waals surface area contributed by atoms with E-state index in [-0.39, 0.29) is 12.6 Å². The Balaban J connectivity index is 1.66. The van der Waals surface area contributed by atoms with E-state index >= 15 is 0 Å². The first-order valence-corrected chi connectivity index (χ1v) is 9.68. The number of hydrogen-bond donors (Lipinski definition) is 1. The molecule has 0 saturated carbocycles. The lowest BCUT2D eigenvalue weighted by atomic mass is 10.2. The summed E-state index contributed by atoms with van der Waals surface area (Å²) in [5.41, 5.74) is 1.80. The van der Waals surface area contributed by atoms with Gasteiger partial charge in [-0.25, -0.2) is 14.8 Å². The van der Waals surface area contributed by atoms with Crippen LogP contribution in [-0.2, 0) is 16.0 Å². The molecule has 1 saturated heterocycles. The summed E-state index contributed by atoms with van der Waals surface area (Å²) in [6.07, 6.45) is 1.99. The molecule has 0 radical (unpaired) electrons. The molecular weight excluding hydrogens is 394 g/mol. The van der Waals surface area contributed by atoms with Crippen molar-refractivity contribution in [3.63, 3.8) is 0 Å². The maximum atomic E-state index is 12.7. The Bertz CT molecular complexity index is 907. The van der Waals surface area contributed by atoms with Crippen LogP contribution in [0.5, 0.6) is 0 Å². The van der Waals surface area contributed by atoms with Gasteiger partial charge in [-0.2, -0.15) is 0 Å². The van der Waals surface area contributed by atoms with Gasteiger partial charge in [-0.05, 0) is 17.7 Å². The summed E-state index contributed by atoms with van der Waals surface area (Å²) in [4.78, 5) is 25.2. The van der Waals surface area contributed by atoms with Crippen LogP contribution >= 0.6 is 11.6 Å². The fourth-order valence-electron chi connectivity index (χ4n) is 3.60. The van der Waals surface area contributed by atoms with Gasteiger partial charge in [0, 0.05) is 25.2 Å². The monoisotopic (exact) mass is 415 g/mol. The molecule has 2 aliphatic heterocycles. The Morgan fingerprint density at radius 2 is 2.24 bits per heavy atom. The molecule has 1 aromatic carbocycles. The fourth-order valence-corrected chi connectivity index (χ4v) is 3.72. The van der Waals surface area contributed by atoms with Crippen molar-refractivity contribution in [1.29, 1.82) is 0 Å². The van der Waals surface area contributed by atoms with Gasteiger partial charge in [0.15, 0.2) is 6.23 Å². The summed E-state index contributed by atoms with van der Waals surface area (Å²) >= 11 is 5.99. The normalized spacial score (nSPS) is 19.7. The highest BCUT2D eigenvalue weighted by Gasteiger charge is 2.45. The van der Waals surface area contributed by atoms with Crippen LogP contribution in [0.1, 0.15) is 17.4 Å². The van der Waals surface area contributed by atoms with Crippen molar-refractivity contribution in [2.24, 2.45) is 0 Å².